The fourth-order valence-electron chi connectivity index (χ4n) is 1.97. The van der Waals surface area contributed by atoms with E-state index in [1.54, 1.807) is 18.9 Å². The number of ether oxygens (including phenoxy) is 1. The van der Waals surface area contributed by atoms with Crippen LogP contribution in [0.4, 0.5) is 5.69 Å². The van der Waals surface area contributed by atoms with E-state index in [9.17, 15) is 0 Å². The molecule has 0 heterocycles. The summed E-state index contributed by atoms with van der Waals surface area (Å²) >= 11 is 1.55. The fraction of sp³-hybridized carbons (Fsp3) is 0.278. The van der Waals surface area contributed by atoms with Crippen LogP contribution >= 0.6 is 11.8 Å². The summed E-state index contributed by atoms with van der Waals surface area (Å²) in [5.41, 5.74) is 9.43. The van der Waals surface area contributed by atoms with Crippen LogP contribution in [0, 0.1) is 0 Å². The van der Waals surface area contributed by atoms with Crippen LogP contribution in [0.5, 0.6) is 5.75 Å². The van der Waals surface area contributed by atoms with Gasteiger partial charge in [0.25, 0.3) is 0 Å². The third-order valence-electron chi connectivity index (χ3n) is 3.34. The van der Waals surface area contributed by atoms with Crippen LogP contribution in [-0.4, -0.2) is 12.3 Å². The van der Waals surface area contributed by atoms with Crippen LogP contribution in [0.15, 0.2) is 53.5 Å². The summed E-state index contributed by atoms with van der Waals surface area (Å²) in [4.78, 5) is 4.40. The lowest BCUT2D eigenvalue weighted by molar-refractivity contribution is 0.415. The SMILES string of the molecule is COc1ccc(N=C(N)SCc2ccc(C(C)C)cc2)cc1. The standard InChI is InChI=1S/C18H22N2OS/c1-13(2)15-6-4-14(5-7-15)12-22-18(19)20-16-8-10-17(21-3)11-9-16/h4-11,13H,12H2,1-3H3,(H2,19,20). The van der Waals surface area contributed by atoms with Crippen LogP contribution in [0.25, 0.3) is 0 Å². The summed E-state index contributed by atoms with van der Waals surface area (Å²) in [7, 11) is 1.65. The second-order valence-corrected chi connectivity index (χ2v) is 6.33. The molecular formula is C18H22N2OS. The molecule has 2 rings (SSSR count). The monoisotopic (exact) mass is 314 g/mol. The Hall–Kier alpha value is -1.94. The number of nitrogens with two attached hydrogens (primary N) is 1. The molecular weight excluding hydrogens is 292 g/mol. The van der Waals surface area contributed by atoms with Crippen molar-refractivity contribution in [3.8, 4) is 5.75 Å². The van der Waals surface area contributed by atoms with E-state index in [0.717, 1.165) is 17.2 Å². The Labute approximate surface area is 136 Å². The molecule has 0 saturated heterocycles. The van der Waals surface area contributed by atoms with Gasteiger partial charge in [0.15, 0.2) is 5.17 Å². The first-order valence-electron chi connectivity index (χ1n) is 7.28. The molecule has 0 aliphatic carbocycles. The van der Waals surface area contributed by atoms with Gasteiger partial charge in [0.05, 0.1) is 12.8 Å². The highest BCUT2D eigenvalue weighted by molar-refractivity contribution is 8.13. The Morgan fingerprint density at radius 1 is 1.09 bits per heavy atom. The van der Waals surface area contributed by atoms with Gasteiger partial charge in [-0.1, -0.05) is 49.9 Å². The smallest absolute Gasteiger partial charge is 0.159 e. The van der Waals surface area contributed by atoms with Crippen molar-refractivity contribution >= 4 is 22.6 Å². The molecule has 0 aromatic heterocycles. The molecule has 4 heteroatoms. The number of thioether (sulfide) groups is 1. The molecule has 0 amide bonds. The van der Waals surface area contributed by atoms with Crippen molar-refractivity contribution in [3.05, 3.63) is 59.7 Å². The Morgan fingerprint density at radius 3 is 2.27 bits per heavy atom. The van der Waals surface area contributed by atoms with Crippen molar-refractivity contribution in [2.24, 2.45) is 10.7 Å². The topological polar surface area (TPSA) is 47.6 Å². The van der Waals surface area contributed by atoms with Crippen LogP contribution < -0.4 is 10.5 Å². The predicted molar refractivity (Wildman–Crippen MR) is 96.1 cm³/mol. The van der Waals surface area contributed by atoms with Gasteiger partial charge in [0.1, 0.15) is 5.75 Å². The van der Waals surface area contributed by atoms with Gasteiger partial charge in [-0.05, 0) is 41.3 Å². The zero-order chi connectivity index (χ0) is 15.9. The highest BCUT2D eigenvalue weighted by Crippen LogP contribution is 2.21. The van der Waals surface area contributed by atoms with Crippen molar-refractivity contribution in [2.45, 2.75) is 25.5 Å². The number of methoxy groups -OCH3 is 1. The number of nitrogens with zero attached hydrogens (tertiary/aromatic N) is 1. The molecule has 0 radical (unpaired) electrons. The minimum absolute atomic E-state index is 0.559. The molecule has 2 aromatic carbocycles. The maximum Gasteiger partial charge on any atom is 0.159 e. The quantitative estimate of drug-likeness (QED) is 0.643. The van der Waals surface area contributed by atoms with E-state index in [4.69, 9.17) is 10.5 Å². The summed E-state index contributed by atoms with van der Waals surface area (Å²) in [5.74, 6) is 2.20. The van der Waals surface area contributed by atoms with Crippen LogP contribution in [0.3, 0.4) is 0 Å². The van der Waals surface area contributed by atoms with Gasteiger partial charge < -0.3 is 10.5 Å². The average Bonchev–Trinajstić information content (AvgIpc) is 2.54. The van der Waals surface area contributed by atoms with Crippen LogP contribution in [-0.2, 0) is 5.75 Å². The van der Waals surface area contributed by atoms with Gasteiger partial charge in [-0.2, -0.15) is 0 Å². The average molecular weight is 314 g/mol. The van der Waals surface area contributed by atoms with E-state index in [1.165, 1.54) is 11.1 Å². The van der Waals surface area contributed by atoms with Crippen molar-refractivity contribution < 1.29 is 4.74 Å². The molecule has 2 N–H and O–H groups in total. The Morgan fingerprint density at radius 2 is 1.73 bits per heavy atom. The zero-order valence-electron chi connectivity index (χ0n) is 13.2. The highest BCUT2D eigenvalue weighted by Gasteiger charge is 2.01. The summed E-state index contributed by atoms with van der Waals surface area (Å²) in [6, 6.07) is 16.2. The molecule has 0 saturated carbocycles. The zero-order valence-corrected chi connectivity index (χ0v) is 14.1. The molecule has 0 aliphatic heterocycles. The normalized spacial score (nSPS) is 11.7. The van der Waals surface area contributed by atoms with Gasteiger partial charge in [-0.15, -0.1) is 0 Å². The van der Waals surface area contributed by atoms with Gasteiger partial charge in [0.2, 0.25) is 0 Å². The third kappa shape index (κ3) is 4.81. The van der Waals surface area contributed by atoms with E-state index in [-0.39, 0.29) is 0 Å². The third-order valence-corrected chi connectivity index (χ3v) is 4.21. The maximum atomic E-state index is 5.98. The summed E-state index contributed by atoms with van der Waals surface area (Å²) < 4.78 is 5.12. The molecule has 116 valence electrons. The lowest BCUT2D eigenvalue weighted by Crippen LogP contribution is -2.06. The molecule has 3 nitrogen and oxygen atoms in total. The summed E-state index contributed by atoms with van der Waals surface area (Å²) in [6.07, 6.45) is 0. The van der Waals surface area contributed by atoms with Crippen molar-refractivity contribution in [1.29, 1.82) is 0 Å². The molecule has 0 atom stereocenters. The lowest BCUT2D eigenvalue weighted by atomic mass is 10.0. The number of benzene rings is 2. The van der Waals surface area contributed by atoms with Gasteiger partial charge in [0, 0.05) is 5.75 Å². The first kappa shape index (κ1) is 16.4. The number of aliphatic imine (C=N–C) groups is 1. The molecule has 0 spiro atoms. The first-order chi connectivity index (χ1) is 10.6. The van der Waals surface area contributed by atoms with Gasteiger partial charge in [-0.3, -0.25) is 0 Å². The summed E-state index contributed by atoms with van der Waals surface area (Å²) in [6.45, 7) is 4.40. The van der Waals surface area contributed by atoms with E-state index >= 15 is 0 Å². The second kappa shape index (κ2) is 7.90. The minimum atomic E-state index is 0.559. The van der Waals surface area contributed by atoms with Crippen molar-refractivity contribution in [1.82, 2.24) is 0 Å². The second-order valence-electron chi connectivity index (χ2n) is 5.33. The van der Waals surface area contributed by atoms with Crippen molar-refractivity contribution in [3.63, 3.8) is 0 Å². The van der Waals surface area contributed by atoms with Crippen LogP contribution in [0.2, 0.25) is 0 Å². The molecule has 0 fully saturated rings. The number of rotatable bonds is 5. The molecule has 0 unspecified atom stereocenters. The summed E-state index contributed by atoms with van der Waals surface area (Å²) in [5, 5.41) is 0.568. The first-order valence-corrected chi connectivity index (χ1v) is 8.27. The number of hydrogen-bond acceptors (Lipinski definition) is 3. The molecule has 0 bridgehead atoms. The molecule has 22 heavy (non-hydrogen) atoms. The minimum Gasteiger partial charge on any atom is -0.497 e. The lowest BCUT2D eigenvalue weighted by Gasteiger charge is -2.07. The van der Waals surface area contributed by atoms with Gasteiger partial charge >= 0.3 is 0 Å². The Kier molecular flexibility index (Phi) is 5.90. The Bertz CT molecular complexity index is 619. The van der Waals surface area contributed by atoms with Crippen LogP contribution in [0.1, 0.15) is 30.9 Å². The van der Waals surface area contributed by atoms with Crippen molar-refractivity contribution in [2.75, 3.05) is 7.11 Å². The Balaban J connectivity index is 1.93. The number of hydrogen-bond donors (Lipinski definition) is 1. The van der Waals surface area contributed by atoms with E-state index in [0.29, 0.717) is 11.1 Å². The van der Waals surface area contributed by atoms with E-state index in [1.807, 2.05) is 24.3 Å². The predicted octanol–water partition coefficient (Wildman–Crippen LogP) is 4.70. The largest absolute Gasteiger partial charge is 0.497 e. The maximum absolute atomic E-state index is 5.98. The van der Waals surface area contributed by atoms with E-state index < -0.39 is 0 Å². The van der Waals surface area contributed by atoms with Gasteiger partial charge in [-0.25, -0.2) is 4.99 Å². The molecule has 0 aliphatic rings. The fourth-order valence-corrected chi connectivity index (χ4v) is 2.65. The highest BCUT2D eigenvalue weighted by atomic mass is 32.2. The number of amidine groups is 1. The molecule has 2 aromatic rings. The van der Waals surface area contributed by atoms with E-state index in [2.05, 4.69) is 43.1 Å².